The number of pyridine rings is 1. The van der Waals surface area contributed by atoms with Crippen molar-refractivity contribution in [2.24, 2.45) is 7.05 Å². The third-order valence-electron chi connectivity index (χ3n) is 5.08. The van der Waals surface area contributed by atoms with E-state index in [-0.39, 0.29) is 10.6 Å². The van der Waals surface area contributed by atoms with Crippen molar-refractivity contribution in [1.29, 1.82) is 0 Å². The largest absolute Gasteiger partial charge is 0.394 e. The molecule has 27 heavy (non-hydrogen) atoms. The number of piperazine rings is 1. The van der Waals surface area contributed by atoms with Gasteiger partial charge in [0.25, 0.3) is 5.69 Å². The molecule has 9 nitrogen and oxygen atoms in total. The molecule has 0 unspecified atom stereocenters. The Morgan fingerprint density at radius 1 is 1.15 bits per heavy atom. The van der Waals surface area contributed by atoms with Gasteiger partial charge in [0.15, 0.2) is 5.82 Å². The summed E-state index contributed by atoms with van der Waals surface area (Å²) in [5.41, 5.74) is 9.40. The number of aryl methyl sites for hydroxylation is 2. The zero-order chi connectivity index (χ0) is 19.1. The molecule has 0 amide bonds. The highest BCUT2D eigenvalue weighted by molar-refractivity contribution is 5.97. The molecule has 0 spiro atoms. The SMILES string of the molecule is Cc1nn(C)c(N2CCN(c3ccc([N+](=O)[O-])c4cccnc34)CC2)c1N. The number of hydrogen-bond acceptors (Lipinski definition) is 7. The van der Waals surface area contributed by atoms with Gasteiger partial charge in [0.05, 0.1) is 27.4 Å². The van der Waals surface area contributed by atoms with E-state index in [4.69, 9.17) is 5.73 Å². The first-order valence-electron chi connectivity index (χ1n) is 8.78. The second kappa shape index (κ2) is 6.42. The summed E-state index contributed by atoms with van der Waals surface area (Å²) < 4.78 is 1.82. The molecular formula is C18H21N7O2. The lowest BCUT2D eigenvalue weighted by molar-refractivity contribution is -0.383. The van der Waals surface area contributed by atoms with Crippen LogP contribution in [0.4, 0.5) is 22.9 Å². The molecule has 0 aliphatic carbocycles. The van der Waals surface area contributed by atoms with Gasteiger partial charge >= 0.3 is 0 Å². The van der Waals surface area contributed by atoms with Gasteiger partial charge in [-0.1, -0.05) is 0 Å². The van der Waals surface area contributed by atoms with Gasteiger partial charge in [0, 0.05) is 45.5 Å². The van der Waals surface area contributed by atoms with Crippen molar-refractivity contribution in [3.63, 3.8) is 0 Å². The van der Waals surface area contributed by atoms with E-state index in [0.717, 1.165) is 43.4 Å². The predicted molar refractivity (Wildman–Crippen MR) is 105 cm³/mol. The molecule has 0 saturated carbocycles. The monoisotopic (exact) mass is 367 g/mol. The summed E-state index contributed by atoms with van der Waals surface area (Å²) in [4.78, 5) is 19.8. The van der Waals surface area contributed by atoms with Gasteiger partial charge in [-0.15, -0.1) is 0 Å². The lowest BCUT2D eigenvalue weighted by atomic mass is 10.1. The number of fused-ring (bicyclic) bond motifs is 1. The van der Waals surface area contributed by atoms with Crippen molar-refractivity contribution in [3.8, 4) is 0 Å². The number of rotatable bonds is 3. The second-order valence-electron chi connectivity index (χ2n) is 6.68. The lowest BCUT2D eigenvalue weighted by Crippen LogP contribution is -2.47. The third-order valence-corrected chi connectivity index (χ3v) is 5.08. The van der Waals surface area contributed by atoms with Crippen LogP contribution in [0.2, 0.25) is 0 Å². The molecule has 1 saturated heterocycles. The Labute approximate surface area is 156 Å². The number of benzene rings is 1. The molecule has 2 N–H and O–H groups in total. The van der Waals surface area contributed by atoms with Gasteiger partial charge in [0.1, 0.15) is 5.52 Å². The van der Waals surface area contributed by atoms with Crippen LogP contribution in [0.1, 0.15) is 5.69 Å². The number of anilines is 3. The fourth-order valence-electron chi connectivity index (χ4n) is 3.75. The molecule has 1 aromatic carbocycles. The Morgan fingerprint density at radius 2 is 1.85 bits per heavy atom. The minimum absolute atomic E-state index is 0.0821. The Balaban J connectivity index is 1.62. The smallest absolute Gasteiger partial charge is 0.278 e. The van der Waals surface area contributed by atoms with E-state index in [9.17, 15) is 10.1 Å². The molecule has 140 valence electrons. The van der Waals surface area contributed by atoms with Gasteiger partial charge < -0.3 is 15.5 Å². The van der Waals surface area contributed by atoms with Crippen LogP contribution in [-0.2, 0) is 7.05 Å². The van der Waals surface area contributed by atoms with E-state index in [1.54, 1.807) is 30.5 Å². The molecule has 1 fully saturated rings. The van der Waals surface area contributed by atoms with Crippen LogP contribution in [-0.4, -0.2) is 45.9 Å². The summed E-state index contributed by atoms with van der Waals surface area (Å²) in [6.45, 7) is 5.02. The van der Waals surface area contributed by atoms with E-state index in [0.29, 0.717) is 16.6 Å². The maximum atomic E-state index is 11.3. The summed E-state index contributed by atoms with van der Waals surface area (Å²) in [6, 6.07) is 6.84. The highest BCUT2D eigenvalue weighted by Crippen LogP contribution is 2.33. The molecular weight excluding hydrogens is 346 g/mol. The molecule has 3 aromatic rings. The van der Waals surface area contributed by atoms with E-state index >= 15 is 0 Å². The minimum Gasteiger partial charge on any atom is -0.394 e. The summed E-state index contributed by atoms with van der Waals surface area (Å²) in [6.07, 6.45) is 1.67. The molecule has 9 heteroatoms. The minimum atomic E-state index is -0.362. The standard InChI is InChI=1S/C18H21N7O2/c1-12-16(19)18(22(2)21-12)24-10-8-23(9-11-24)15-6-5-14(25(26)27)13-4-3-7-20-17(13)15/h3-7H,8-11,19H2,1-2H3. The first kappa shape index (κ1) is 17.1. The topological polar surface area (TPSA) is 106 Å². The van der Waals surface area contributed by atoms with Crippen LogP contribution in [0.3, 0.4) is 0 Å². The number of nitro benzene ring substituents is 1. The van der Waals surface area contributed by atoms with Gasteiger partial charge in [-0.05, 0) is 25.1 Å². The maximum Gasteiger partial charge on any atom is 0.278 e. The van der Waals surface area contributed by atoms with Crippen LogP contribution >= 0.6 is 0 Å². The van der Waals surface area contributed by atoms with E-state index in [1.165, 1.54) is 0 Å². The van der Waals surface area contributed by atoms with Crippen LogP contribution < -0.4 is 15.5 Å². The molecule has 0 radical (unpaired) electrons. The van der Waals surface area contributed by atoms with Crippen LogP contribution in [0.25, 0.3) is 10.9 Å². The Morgan fingerprint density at radius 3 is 2.48 bits per heavy atom. The van der Waals surface area contributed by atoms with E-state index < -0.39 is 0 Å². The number of hydrogen-bond donors (Lipinski definition) is 1. The molecule has 1 aliphatic rings. The molecule has 4 rings (SSSR count). The predicted octanol–water partition coefficient (Wildman–Crippen LogP) is 2.09. The molecule has 2 aromatic heterocycles. The summed E-state index contributed by atoms with van der Waals surface area (Å²) in [5.74, 6) is 0.943. The Kier molecular flexibility index (Phi) is 4.06. The summed E-state index contributed by atoms with van der Waals surface area (Å²) in [7, 11) is 1.90. The molecule has 0 bridgehead atoms. The van der Waals surface area contributed by atoms with Crippen molar-refractivity contribution in [2.75, 3.05) is 41.7 Å². The van der Waals surface area contributed by atoms with Crippen molar-refractivity contribution in [1.82, 2.24) is 14.8 Å². The van der Waals surface area contributed by atoms with Crippen molar-refractivity contribution < 1.29 is 4.92 Å². The summed E-state index contributed by atoms with van der Waals surface area (Å²) in [5, 5.41) is 16.3. The zero-order valence-corrected chi connectivity index (χ0v) is 15.3. The molecule has 1 aliphatic heterocycles. The third kappa shape index (κ3) is 2.80. The van der Waals surface area contributed by atoms with Crippen LogP contribution in [0, 0.1) is 17.0 Å². The van der Waals surface area contributed by atoms with Crippen LogP contribution in [0.5, 0.6) is 0 Å². The summed E-state index contributed by atoms with van der Waals surface area (Å²) >= 11 is 0. The fourth-order valence-corrected chi connectivity index (χ4v) is 3.75. The average molecular weight is 367 g/mol. The number of nitro groups is 1. The highest BCUT2D eigenvalue weighted by Gasteiger charge is 2.25. The number of non-ortho nitro benzene ring substituents is 1. The van der Waals surface area contributed by atoms with Crippen LogP contribution in [0.15, 0.2) is 30.5 Å². The average Bonchev–Trinajstić information content (AvgIpc) is 2.92. The molecule has 0 atom stereocenters. The normalized spacial score (nSPS) is 14.7. The van der Waals surface area contributed by atoms with E-state index in [1.807, 2.05) is 18.7 Å². The van der Waals surface area contributed by atoms with Crippen molar-refractivity contribution in [3.05, 3.63) is 46.3 Å². The van der Waals surface area contributed by atoms with Gasteiger partial charge in [-0.3, -0.25) is 19.8 Å². The van der Waals surface area contributed by atoms with Gasteiger partial charge in [-0.2, -0.15) is 5.10 Å². The maximum absolute atomic E-state index is 11.3. The lowest BCUT2D eigenvalue weighted by Gasteiger charge is -2.37. The number of aromatic nitrogens is 3. The Bertz CT molecular complexity index is 1020. The molecule has 3 heterocycles. The first-order valence-corrected chi connectivity index (χ1v) is 8.78. The second-order valence-corrected chi connectivity index (χ2v) is 6.68. The fraction of sp³-hybridized carbons (Fsp3) is 0.333. The van der Waals surface area contributed by atoms with E-state index in [2.05, 4.69) is 19.9 Å². The van der Waals surface area contributed by atoms with Gasteiger partial charge in [-0.25, -0.2) is 0 Å². The quantitative estimate of drug-likeness (QED) is 0.558. The number of nitrogens with zero attached hydrogens (tertiary/aromatic N) is 6. The number of nitrogen functional groups attached to an aromatic ring is 1. The Hall–Kier alpha value is -3.36. The van der Waals surface area contributed by atoms with Crippen molar-refractivity contribution >= 4 is 33.8 Å². The van der Waals surface area contributed by atoms with Gasteiger partial charge in [0.2, 0.25) is 0 Å². The first-order chi connectivity index (χ1) is 13.0. The van der Waals surface area contributed by atoms with Crippen molar-refractivity contribution in [2.45, 2.75) is 6.92 Å². The number of nitrogens with two attached hydrogens (primary N) is 1. The highest BCUT2D eigenvalue weighted by atomic mass is 16.6. The zero-order valence-electron chi connectivity index (χ0n) is 15.3.